The first-order valence-electron chi connectivity index (χ1n) is 6.35. The third-order valence-corrected chi connectivity index (χ3v) is 4.01. The average molecular weight is 337 g/mol. The van der Waals surface area contributed by atoms with Crippen molar-refractivity contribution in [2.24, 2.45) is 11.1 Å². The molecule has 0 saturated carbocycles. The fourth-order valence-electron chi connectivity index (χ4n) is 1.99. The molecule has 0 aromatic heterocycles. The molecule has 21 heavy (non-hydrogen) atoms. The SMILES string of the molecule is CC(C)CC(C)NC(=O)c1cc(S(N)(=O)=O)c(F)cc1Cl. The number of carbonyl (C=O) groups excluding carboxylic acids is 1. The molecule has 0 aliphatic rings. The van der Waals surface area contributed by atoms with Gasteiger partial charge < -0.3 is 5.32 Å². The van der Waals surface area contributed by atoms with E-state index in [1.807, 2.05) is 20.8 Å². The Hall–Kier alpha value is -1.18. The fourth-order valence-corrected chi connectivity index (χ4v) is 2.84. The van der Waals surface area contributed by atoms with E-state index in [0.717, 1.165) is 18.6 Å². The number of hydrogen-bond acceptors (Lipinski definition) is 3. The van der Waals surface area contributed by atoms with Crippen LogP contribution in [0.5, 0.6) is 0 Å². The monoisotopic (exact) mass is 336 g/mol. The van der Waals surface area contributed by atoms with E-state index in [1.165, 1.54) is 0 Å². The summed E-state index contributed by atoms with van der Waals surface area (Å²) in [6.45, 7) is 5.83. The molecule has 0 heterocycles. The van der Waals surface area contributed by atoms with Crippen molar-refractivity contribution in [3.63, 3.8) is 0 Å². The number of halogens is 2. The molecule has 3 N–H and O–H groups in total. The van der Waals surface area contributed by atoms with Gasteiger partial charge in [-0.25, -0.2) is 17.9 Å². The molecule has 8 heteroatoms. The molecular weight excluding hydrogens is 319 g/mol. The highest BCUT2D eigenvalue weighted by molar-refractivity contribution is 7.89. The first-order chi connectivity index (χ1) is 9.52. The second-order valence-electron chi connectivity index (χ2n) is 5.31. The van der Waals surface area contributed by atoms with Crippen LogP contribution in [-0.2, 0) is 10.0 Å². The molecule has 5 nitrogen and oxygen atoms in total. The van der Waals surface area contributed by atoms with Crippen LogP contribution in [0.1, 0.15) is 37.6 Å². The Morgan fingerprint density at radius 1 is 1.38 bits per heavy atom. The number of nitrogens with two attached hydrogens (primary N) is 1. The van der Waals surface area contributed by atoms with Crippen LogP contribution in [0.3, 0.4) is 0 Å². The lowest BCUT2D eigenvalue weighted by molar-refractivity contribution is 0.0936. The van der Waals surface area contributed by atoms with Crippen LogP contribution in [0.25, 0.3) is 0 Å². The summed E-state index contributed by atoms with van der Waals surface area (Å²) in [5, 5.41) is 7.41. The Labute approximate surface area is 128 Å². The summed E-state index contributed by atoms with van der Waals surface area (Å²) in [5.74, 6) is -1.28. The standard InChI is InChI=1S/C13H18ClFN2O3S/c1-7(2)4-8(3)17-13(18)9-5-12(21(16,19)20)11(15)6-10(9)14/h5-8H,4H2,1-3H3,(H,17,18)(H2,16,19,20). The normalized spacial score (nSPS) is 13.3. The maximum absolute atomic E-state index is 13.5. The summed E-state index contributed by atoms with van der Waals surface area (Å²) in [6.07, 6.45) is 0.743. The molecule has 1 unspecified atom stereocenters. The van der Waals surface area contributed by atoms with Gasteiger partial charge in [-0.05, 0) is 31.4 Å². The van der Waals surface area contributed by atoms with Crippen molar-refractivity contribution in [2.45, 2.75) is 38.1 Å². The molecule has 118 valence electrons. The van der Waals surface area contributed by atoms with Crippen molar-refractivity contribution < 1.29 is 17.6 Å². The molecule has 1 atom stereocenters. The molecule has 0 bridgehead atoms. The van der Waals surface area contributed by atoms with Crippen molar-refractivity contribution >= 4 is 27.5 Å². The van der Waals surface area contributed by atoms with Gasteiger partial charge in [-0.1, -0.05) is 25.4 Å². The molecule has 0 saturated heterocycles. The van der Waals surface area contributed by atoms with E-state index in [4.69, 9.17) is 16.7 Å². The number of carbonyl (C=O) groups is 1. The van der Waals surface area contributed by atoms with Crippen molar-refractivity contribution in [1.82, 2.24) is 5.32 Å². The zero-order chi connectivity index (χ0) is 16.4. The number of benzene rings is 1. The molecule has 1 rings (SSSR count). The van der Waals surface area contributed by atoms with E-state index < -0.39 is 26.6 Å². The number of primary sulfonamides is 1. The summed E-state index contributed by atoms with van der Waals surface area (Å²) in [5.41, 5.74) is -0.127. The largest absolute Gasteiger partial charge is 0.350 e. The van der Waals surface area contributed by atoms with Crippen LogP contribution in [0, 0.1) is 11.7 Å². The third kappa shape index (κ3) is 4.94. The predicted octanol–water partition coefficient (Wildman–Crippen LogP) is 2.29. The number of sulfonamides is 1. The lowest BCUT2D eigenvalue weighted by Gasteiger charge is -2.16. The molecule has 0 aliphatic carbocycles. The third-order valence-electron chi connectivity index (χ3n) is 2.78. The quantitative estimate of drug-likeness (QED) is 0.864. The first kappa shape index (κ1) is 17.9. The minimum Gasteiger partial charge on any atom is -0.350 e. The van der Waals surface area contributed by atoms with Gasteiger partial charge in [0.25, 0.3) is 5.91 Å². The van der Waals surface area contributed by atoms with Gasteiger partial charge in [0.15, 0.2) is 0 Å². The van der Waals surface area contributed by atoms with Crippen LogP contribution in [0.4, 0.5) is 4.39 Å². The summed E-state index contributed by atoms with van der Waals surface area (Å²) >= 11 is 5.80. The Morgan fingerprint density at radius 3 is 2.43 bits per heavy atom. The van der Waals surface area contributed by atoms with Crippen LogP contribution in [-0.4, -0.2) is 20.4 Å². The Balaban J connectivity index is 3.10. The highest BCUT2D eigenvalue weighted by Crippen LogP contribution is 2.23. The molecule has 0 radical (unpaired) electrons. The van der Waals surface area contributed by atoms with Gasteiger partial charge >= 0.3 is 0 Å². The van der Waals surface area contributed by atoms with Gasteiger partial charge in [-0.3, -0.25) is 4.79 Å². The number of rotatable bonds is 5. The Bertz CT molecular complexity index is 647. The lowest BCUT2D eigenvalue weighted by atomic mass is 10.0. The van der Waals surface area contributed by atoms with Crippen LogP contribution in [0.15, 0.2) is 17.0 Å². The second kappa shape index (κ2) is 6.72. The summed E-state index contributed by atoms with van der Waals surface area (Å²) < 4.78 is 36.1. The average Bonchev–Trinajstić information content (AvgIpc) is 2.24. The maximum atomic E-state index is 13.5. The summed E-state index contributed by atoms with van der Waals surface area (Å²) in [4.78, 5) is 11.3. The Morgan fingerprint density at radius 2 is 1.95 bits per heavy atom. The molecule has 0 spiro atoms. The van der Waals surface area contributed by atoms with Gasteiger partial charge in [-0.2, -0.15) is 0 Å². The first-order valence-corrected chi connectivity index (χ1v) is 8.27. The number of amides is 1. The topological polar surface area (TPSA) is 89.3 Å². The minimum atomic E-state index is -4.27. The molecule has 0 aliphatic heterocycles. The van der Waals surface area contributed by atoms with Crippen molar-refractivity contribution in [2.75, 3.05) is 0 Å². The minimum absolute atomic E-state index is 0.127. The van der Waals surface area contributed by atoms with Gasteiger partial charge in [0, 0.05) is 6.04 Å². The van der Waals surface area contributed by atoms with E-state index in [1.54, 1.807) is 0 Å². The highest BCUT2D eigenvalue weighted by atomic mass is 35.5. The highest BCUT2D eigenvalue weighted by Gasteiger charge is 2.21. The summed E-state index contributed by atoms with van der Waals surface area (Å²) in [7, 11) is -4.27. The molecule has 1 aromatic rings. The maximum Gasteiger partial charge on any atom is 0.253 e. The van der Waals surface area contributed by atoms with E-state index in [-0.39, 0.29) is 16.6 Å². The lowest BCUT2D eigenvalue weighted by Crippen LogP contribution is -2.34. The van der Waals surface area contributed by atoms with E-state index in [9.17, 15) is 17.6 Å². The second-order valence-corrected chi connectivity index (χ2v) is 7.25. The van der Waals surface area contributed by atoms with E-state index in [0.29, 0.717) is 5.92 Å². The van der Waals surface area contributed by atoms with Crippen LogP contribution < -0.4 is 10.5 Å². The van der Waals surface area contributed by atoms with Crippen molar-refractivity contribution in [3.8, 4) is 0 Å². The molecule has 1 amide bonds. The zero-order valence-corrected chi connectivity index (χ0v) is 13.6. The van der Waals surface area contributed by atoms with Gasteiger partial charge in [-0.15, -0.1) is 0 Å². The van der Waals surface area contributed by atoms with Gasteiger partial charge in [0.1, 0.15) is 10.7 Å². The van der Waals surface area contributed by atoms with Crippen LogP contribution >= 0.6 is 11.6 Å². The summed E-state index contributed by atoms with van der Waals surface area (Å²) in [6, 6.07) is 1.49. The number of hydrogen-bond donors (Lipinski definition) is 2. The smallest absolute Gasteiger partial charge is 0.253 e. The van der Waals surface area contributed by atoms with Crippen molar-refractivity contribution in [3.05, 3.63) is 28.5 Å². The molecule has 1 aromatic carbocycles. The Kier molecular flexibility index (Phi) is 5.72. The predicted molar refractivity (Wildman–Crippen MR) is 79.2 cm³/mol. The van der Waals surface area contributed by atoms with Crippen molar-refractivity contribution in [1.29, 1.82) is 0 Å². The van der Waals surface area contributed by atoms with Gasteiger partial charge in [0.2, 0.25) is 10.0 Å². The van der Waals surface area contributed by atoms with E-state index >= 15 is 0 Å². The van der Waals surface area contributed by atoms with Gasteiger partial charge in [0.05, 0.1) is 10.6 Å². The zero-order valence-electron chi connectivity index (χ0n) is 12.0. The fraction of sp³-hybridized carbons (Fsp3) is 0.462. The van der Waals surface area contributed by atoms with E-state index in [2.05, 4.69) is 5.32 Å². The van der Waals surface area contributed by atoms with Crippen LogP contribution in [0.2, 0.25) is 5.02 Å². The molecular formula is C13H18ClFN2O3S. The molecule has 0 fully saturated rings. The number of nitrogens with one attached hydrogen (secondary N) is 1.